The molecule has 0 aliphatic rings. The van der Waals surface area contributed by atoms with Crippen molar-refractivity contribution in [3.05, 3.63) is 144 Å². The zero-order valence-corrected chi connectivity index (χ0v) is 25.8. The molecule has 0 aliphatic heterocycles. The van der Waals surface area contributed by atoms with Crippen LogP contribution in [0.3, 0.4) is 0 Å². The Bertz CT molecular complexity index is 1850. The Balaban J connectivity index is 1.56. The number of pyridine rings is 1. The van der Waals surface area contributed by atoms with E-state index in [1.54, 1.807) is 7.11 Å². The highest BCUT2D eigenvalue weighted by atomic mass is 16.5. The Kier molecular flexibility index (Phi) is 8.74. The van der Waals surface area contributed by atoms with Crippen LogP contribution in [0.15, 0.2) is 127 Å². The van der Waals surface area contributed by atoms with Crippen molar-refractivity contribution in [2.24, 2.45) is 0 Å². The number of unbranched alkanes of at least 4 members (excludes halogenated alkanes) is 1. The largest absolute Gasteiger partial charge is 0.481 e. The van der Waals surface area contributed by atoms with E-state index in [1.165, 1.54) is 0 Å². The number of aromatic nitrogens is 1. The van der Waals surface area contributed by atoms with Gasteiger partial charge in [0.1, 0.15) is 5.60 Å². The molecular formula is C40H40N2O2. The van der Waals surface area contributed by atoms with E-state index in [1.807, 2.05) is 24.3 Å². The summed E-state index contributed by atoms with van der Waals surface area (Å²) in [6.07, 6.45) is 2.44. The zero-order valence-electron chi connectivity index (χ0n) is 25.8. The van der Waals surface area contributed by atoms with E-state index in [4.69, 9.17) is 9.72 Å². The van der Waals surface area contributed by atoms with E-state index in [2.05, 4.69) is 122 Å². The smallest absolute Gasteiger partial charge is 0.217 e. The number of hydrogen-bond acceptors (Lipinski definition) is 4. The third-order valence-corrected chi connectivity index (χ3v) is 8.69. The molecule has 222 valence electrons. The molecule has 4 nitrogen and oxygen atoms in total. The van der Waals surface area contributed by atoms with Crippen LogP contribution < -0.4 is 4.74 Å². The predicted molar refractivity (Wildman–Crippen MR) is 182 cm³/mol. The quantitative estimate of drug-likeness (QED) is 0.156. The highest BCUT2D eigenvalue weighted by molar-refractivity contribution is 5.86. The van der Waals surface area contributed by atoms with Gasteiger partial charge in [0.15, 0.2) is 0 Å². The molecule has 5 aromatic carbocycles. The predicted octanol–water partition coefficient (Wildman–Crippen LogP) is 8.82. The molecule has 0 radical (unpaired) electrons. The summed E-state index contributed by atoms with van der Waals surface area (Å²) in [5, 5.41) is 16.5. The second-order valence-corrected chi connectivity index (χ2v) is 12.0. The van der Waals surface area contributed by atoms with Crippen molar-refractivity contribution in [2.45, 2.75) is 30.8 Å². The summed E-state index contributed by atoms with van der Waals surface area (Å²) in [4.78, 5) is 7.21. The van der Waals surface area contributed by atoms with Gasteiger partial charge in [-0.1, -0.05) is 103 Å². The van der Waals surface area contributed by atoms with E-state index >= 15 is 0 Å². The second-order valence-electron chi connectivity index (χ2n) is 12.0. The Morgan fingerprint density at radius 2 is 1.41 bits per heavy atom. The molecule has 1 aromatic heterocycles. The average molecular weight is 581 g/mol. The maximum Gasteiger partial charge on any atom is 0.217 e. The van der Waals surface area contributed by atoms with Gasteiger partial charge in [0.2, 0.25) is 5.88 Å². The number of rotatable bonds is 11. The molecule has 4 heteroatoms. The maximum atomic E-state index is 13.2. The van der Waals surface area contributed by atoms with Gasteiger partial charge in [0.25, 0.3) is 0 Å². The lowest BCUT2D eigenvalue weighted by Gasteiger charge is -2.38. The van der Waals surface area contributed by atoms with Crippen molar-refractivity contribution in [3.8, 4) is 17.0 Å². The summed E-state index contributed by atoms with van der Waals surface area (Å²) in [6, 6.07) is 44.0. The van der Waals surface area contributed by atoms with Crippen LogP contribution in [0.5, 0.6) is 5.88 Å². The first-order valence-electron chi connectivity index (χ1n) is 15.4. The molecule has 1 N–H and O–H groups in total. The van der Waals surface area contributed by atoms with Crippen LogP contribution in [-0.4, -0.2) is 42.7 Å². The summed E-state index contributed by atoms with van der Waals surface area (Å²) in [5.74, 6) is 0.114. The van der Waals surface area contributed by atoms with E-state index in [0.717, 1.165) is 68.9 Å². The molecule has 0 amide bonds. The van der Waals surface area contributed by atoms with Gasteiger partial charge in [-0.2, -0.15) is 0 Å². The van der Waals surface area contributed by atoms with Crippen LogP contribution in [0, 0.1) is 0 Å². The van der Waals surface area contributed by atoms with E-state index in [0.29, 0.717) is 12.3 Å². The van der Waals surface area contributed by atoms with Gasteiger partial charge in [0.05, 0.1) is 12.6 Å². The van der Waals surface area contributed by atoms with E-state index in [9.17, 15) is 5.11 Å². The highest BCUT2D eigenvalue weighted by Gasteiger charge is 2.42. The lowest BCUT2D eigenvalue weighted by molar-refractivity contribution is 0.00690. The number of benzene rings is 5. The molecule has 0 aliphatic carbocycles. The minimum absolute atomic E-state index is 0.420. The fourth-order valence-electron chi connectivity index (χ4n) is 6.45. The fourth-order valence-corrected chi connectivity index (χ4v) is 6.45. The summed E-state index contributed by atoms with van der Waals surface area (Å²) >= 11 is 0. The van der Waals surface area contributed by atoms with Crippen LogP contribution in [0.4, 0.5) is 0 Å². The van der Waals surface area contributed by atoms with Crippen molar-refractivity contribution in [1.82, 2.24) is 9.88 Å². The molecule has 0 saturated carbocycles. The molecule has 2 atom stereocenters. The van der Waals surface area contributed by atoms with Crippen molar-refractivity contribution in [1.29, 1.82) is 0 Å². The first kappa shape index (κ1) is 29.6. The topological polar surface area (TPSA) is 45.6 Å². The molecule has 6 rings (SSSR count). The number of hydrogen-bond donors (Lipinski definition) is 1. The molecule has 44 heavy (non-hydrogen) atoms. The number of fused-ring (bicyclic) bond motifs is 2. The Morgan fingerprint density at radius 1 is 0.705 bits per heavy atom. The first-order chi connectivity index (χ1) is 21.5. The van der Waals surface area contributed by atoms with Crippen molar-refractivity contribution < 1.29 is 9.84 Å². The number of nitrogens with zero attached hydrogens (tertiary/aromatic N) is 2. The van der Waals surface area contributed by atoms with Gasteiger partial charge < -0.3 is 14.7 Å². The molecule has 0 saturated heterocycles. The molecule has 0 bridgehead atoms. The van der Waals surface area contributed by atoms with Crippen LogP contribution in [0.2, 0.25) is 0 Å². The monoisotopic (exact) mass is 580 g/mol. The minimum Gasteiger partial charge on any atom is -0.481 e. The van der Waals surface area contributed by atoms with Gasteiger partial charge >= 0.3 is 0 Å². The van der Waals surface area contributed by atoms with E-state index in [-0.39, 0.29) is 0 Å². The standard InChI is InChI=1S/C40H40N2O2/c1-42(2)25-13-12-24-40(43,35-22-20-30-16-10-11-19-32(30)27-35)38(31-17-8-5-9-18-31)36-28-34-26-33(29-14-6-4-7-15-29)21-23-37(34)41-39(36)44-3/h4-11,14-23,26-28,38,43H,12-13,24-25H2,1-3H3. The summed E-state index contributed by atoms with van der Waals surface area (Å²) in [5.41, 5.74) is 4.71. The van der Waals surface area contributed by atoms with Crippen LogP contribution >= 0.6 is 0 Å². The second kappa shape index (κ2) is 13.0. The van der Waals surface area contributed by atoms with Gasteiger partial charge in [-0.15, -0.1) is 0 Å². The van der Waals surface area contributed by atoms with Crippen LogP contribution in [-0.2, 0) is 5.60 Å². The third-order valence-electron chi connectivity index (χ3n) is 8.69. The Labute approximate surface area is 260 Å². The molecule has 1 heterocycles. The highest BCUT2D eigenvalue weighted by Crippen LogP contribution is 2.48. The SMILES string of the molecule is COc1nc2ccc(-c3ccccc3)cc2cc1C(c1ccccc1)C(O)(CCCCN(C)C)c1ccc2ccccc2c1. The molecule has 6 aromatic rings. The summed E-state index contributed by atoms with van der Waals surface area (Å²) in [6.45, 7) is 0.965. The van der Waals surface area contributed by atoms with Gasteiger partial charge in [-0.05, 0) is 97.2 Å². The molecule has 0 fully saturated rings. The number of methoxy groups -OCH3 is 1. The lowest BCUT2D eigenvalue weighted by atomic mass is 9.71. The number of aliphatic hydroxyl groups is 1. The average Bonchev–Trinajstić information content (AvgIpc) is 3.07. The van der Waals surface area contributed by atoms with Crippen LogP contribution in [0.1, 0.15) is 41.9 Å². The lowest BCUT2D eigenvalue weighted by Crippen LogP contribution is -2.35. The zero-order chi connectivity index (χ0) is 30.5. The van der Waals surface area contributed by atoms with Crippen molar-refractivity contribution in [3.63, 3.8) is 0 Å². The van der Waals surface area contributed by atoms with Gasteiger partial charge in [-0.3, -0.25) is 0 Å². The summed E-state index contributed by atoms with van der Waals surface area (Å²) < 4.78 is 6.00. The van der Waals surface area contributed by atoms with Crippen LogP contribution in [0.25, 0.3) is 32.8 Å². The van der Waals surface area contributed by atoms with Gasteiger partial charge in [0, 0.05) is 16.9 Å². The van der Waals surface area contributed by atoms with Crippen molar-refractivity contribution >= 4 is 21.7 Å². The summed E-state index contributed by atoms with van der Waals surface area (Å²) in [7, 11) is 5.86. The Morgan fingerprint density at radius 3 is 2.14 bits per heavy atom. The molecule has 0 spiro atoms. The normalized spacial score (nSPS) is 13.7. The third kappa shape index (κ3) is 6.10. The van der Waals surface area contributed by atoms with Gasteiger partial charge in [-0.25, -0.2) is 4.98 Å². The first-order valence-corrected chi connectivity index (χ1v) is 15.4. The maximum absolute atomic E-state index is 13.2. The molecule has 2 unspecified atom stereocenters. The minimum atomic E-state index is -1.22. The number of ether oxygens (including phenoxy) is 1. The fraction of sp³-hybridized carbons (Fsp3) is 0.225. The molecular weight excluding hydrogens is 540 g/mol. The Hall–Kier alpha value is -4.51. The van der Waals surface area contributed by atoms with E-state index < -0.39 is 11.5 Å². The van der Waals surface area contributed by atoms with Crippen molar-refractivity contribution in [2.75, 3.05) is 27.7 Å².